The Morgan fingerprint density at radius 1 is 0.465 bits per heavy atom. The van der Waals surface area contributed by atoms with E-state index in [2.05, 4.69) is 145 Å². The van der Waals surface area contributed by atoms with Crippen LogP contribution in [0.2, 0.25) is 8.76 Å². The summed E-state index contributed by atoms with van der Waals surface area (Å²) in [5.74, 6) is 7.78. The summed E-state index contributed by atoms with van der Waals surface area (Å²) in [4.78, 5) is 0. The molecule has 0 N–H and O–H groups in total. The van der Waals surface area contributed by atoms with Crippen molar-refractivity contribution < 1.29 is 30.6 Å². The van der Waals surface area contributed by atoms with Crippen LogP contribution in [0.3, 0.4) is 0 Å². The molecule has 0 spiro atoms. The van der Waals surface area contributed by atoms with Crippen molar-refractivity contribution in [3.8, 4) is 22.3 Å². The number of rotatable bonds is 10. The molecule has 8 bridgehead atoms. The van der Waals surface area contributed by atoms with E-state index in [4.69, 9.17) is 0 Å². The molecule has 0 radical (unpaired) electrons. The molecule has 368 valence electrons. The maximum atomic E-state index is 15.5. The Balaban J connectivity index is 0.00000259. The first-order valence-corrected chi connectivity index (χ1v) is 40.1. The second kappa shape index (κ2) is 18.0. The molecule has 8 fully saturated rings. The Morgan fingerprint density at radius 3 is 1.21 bits per heavy atom. The van der Waals surface area contributed by atoms with E-state index in [9.17, 15) is 0 Å². The molecule has 6 aromatic rings. The summed E-state index contributed by atoms with van der Waals surface area (Å²) in [6.07, 6.45) is 16.1. The van der Waals surface area contributed by atoms with Crippen LogP contribution in [0, 0.1) is 59.2 Å². The second-order valence-electron chi connectivity index (χ2n) is 25.2. The van der Waals surface area contributed by atoms with E-state index in [0.717, 1.165) is 60.2 Å². The normalized spacial score (nSPS) is 31.0. The van der Waals surface area contributed by atoms with Gasteiger partial charge in [0.15, 0.2) is 0 Å². The number of allylic oxidation sites excluding steroid dienone is 2. The molecule has 2 atom stereocenters. The van der Waals surface area contributed by atoms with E-state index >= 15 is 13.2 Å². The topological polar surface area (TPSA) is 0 Å². The molecule has 2 unspecified atom stereocenters. The Morgan fingerprint density at radius 2 is 0.817 bits per heavy atom. The Bertz CT molecular complexity index is 2950. The van der Waals surface area contributed by atoms with Gasteiger partial charge in [0.1, 0.15) is 0 Å². The van der Waals surface area contributed by atoms with Crippen molar-refractivity contribution in [2.24, 2.45) is 59.2 Å². The van der Waals surface area contributed by atoms with Gasteiger partial charge in [-0.1, -0.05) is 0 Å². The van der Waals surface area contributed by atoms with Crippen LogP contribution in [-0.4, -0.2) is 13.1 Å². The van der Waals surface area contributed by atoms with Crippen molar-refractivity contribution >= 4 is 65.4 Å². The third kappa shape index (κ3) is 8.04. The van der Waals surface area contributed by atoms with E-state index in [-0.39, 0.29) is 36.2 Å². The molecular formula is C64H69Cl2F3SiZr. The van der Waals surface area contributed by atoms with Crippen molar-refractivity contribution in [1.82, 2.24) is 0 Å². The predicted molar refractivity (Wildman–Crippen MR) is 295 cm³/mol. The Hall–Kier alpha value is -3.21. The number of benzene rings is 6. The molecule has 6 aromatic carbocycles. The molecule has 71 heavy (non-hydrogen) atoms. The van der Waals surface area contributed by atoms with Crippen LogP contribution in [0.25, 0.3) is 56.0 Å². The minimum atomic E-state index is -5.02. The number of fused-ring (bicyclic) bond motifs is 4. The maximum absolute atomic E-state index is 15.5. The Kier molecular flexibility index (Phi) is 12.3. The van der Waals surface area contributed by atoms with Crippen molar-refractivity contribution in [2.75, 3.05) is 0 Å². The first kappa shape index (κ1) is 48.7. The quantitative estimate of drug-likeness (QED) is 0.120. The molecule has 0 aliphatic heterocycles. The zero-order valence-electron chi connectivity index (χ0n) is 41.2. The van der Waals surface area contributed by atoms with Gasteiger partial charge in [-0.3, -0.25) is 0 Å². The van der Waals surface area contributed by atoms with Crippen molar-refractivity contribution in [3.05, 3.63) is 155 Å². The second-order valence-corrected chi connectivity index (χ2v) is 53.6. The zero-order chi connectivity index (χ0) is 46.4. The van der Waals surface area contributed by atoms with Gasteiger partial charge < -0.3 is 0 Å². The zero-order valence-corrected chi connectivity index (χ0v) is 46.7. The molecule has 16 rings (SSSR count). The van der Waals surface area contributed by atoms with Crippen LogP contribution < -0.4 is 0 Å². The van der Waals surface area contributed by atoms with Crippen LogP contribution in [-0.2, 0) is 17.4 Å². The van der Waals surface area contributed by atoms with Gasteiger partial charge in [0.25, 0.3) is 0 Å². The van der Waals surface area contributed by atoms with Crippen LogP contribution in [0.4, 0.5) is 13.2 Å². The first-order chi connectivity index (χ1) is 33.4. The van der Waals surface area contributed by atoms with Crippen LogP contribution >= 0.6 is 24.8 Å². The molecule has 0 amide bonds. The number of hydrogen-bond donors (Lipinski definition) is 0. The van der Waals surface area contributed by atoms with Gasteiger partial charge in [-0.25, -0.2) is 0 Å². The number of hydrogen-bond acceptors (Lipinski definition) is 0. The van der Waals surface area contributed by atoms with Crippen LogP contribution in [0.5, 0.6) is 0 Å². The monoisotopic (exact) mass is 1080 g/mol. The molecular weight excluding hydrogens is 1020 g/mol. The Labute approximate surface area is 434 Å². The summed E-state index contributed by atoms with van der Waals surface area (Å²) in [6, 6.07) is 44.9. The van der Waals surface area contributed by atoms with Crippen molar-refractivity contribution in [3.63, 3.8) is 0 Å². The summed E-state index contributed by atoms with van der Waals surface area (Å²) in [5.41, 5.74) is 13.3. The molecule has 0 nitrogen and oxygen atoms in total. The van der Waals surface area contributed by atoms with E-state index in [1.165, 1.54) is 141 Å². The summed E-state index contributed by atoms with van der Waals surface area (Å²) in [6.45, 7) is 2.23. The third-order valence-corrected chi connectivity index (χ3v) is 44.0. The molecule has 8 saturated carbocycles. The molecule has 7 heteroatoms. The fourth-order valence-electron chi connectivity index (χ4n) is 19.0. The molecule has 10 aliphatic carbocycles. The first-order valence-electron chi connectivity index (χ1n) is 27.2. The van der Waals surface area contributed by atoms with E-state index in [1.807, 2.05) is 0 Å². The van der Waals surface area contributed by atoms with Gasteiger partial charge in [0.2, 0.25) is 0 Å². The molecule has 0 saturated heterocycles. The van der Waals surface area contributed by atoms with Gasteiger partial charge >= 0.3 is 413 Å². The van der Waals surface area contributed by atoms with E-state index < -0.39 is 30.0 Å². The van der Waals surface area contributed by atoms with Gasteiger partial charge in [-0.2, -0.15) is 0 Å². The fourth-order valence-corrected chi connectivity index (χ4v) is 42.7. The van der Waals surface area contributed by atoms with Crippen molar-refractivity contribution in [2.45, 2.75) is 106 Å². The van der Waals surface area contributed by atoms with Crippen LogP contribution in [0.1, 0.15) is 113 Å². The summed E-state index contributed by atoms with van der Waals surface area (Å²) >= 11 is -5.02. The van der Waals surface area contributed by atoms with Gasteiger partial charge in [-0.15, -0.1) is 24.8 Å². The average Bonchev–Trinajstić information content (AvgIpc) is 3.92. The molecule has 0 aromatic heterocycles. The van der Waals surface area contributed by atoms with Crippen LogP contribution in [0.15, 0.2) is 132 Å². The minimum absolute atomic E-state index is 0. The average molecular weight is 1090 g/mol. The summed E-state index contributed by atoms with van der Waals surface area (Å²) < 4.78 is 49.5. The predicted octanol–water partition coefficient (Wildman–Crippen LogP) is 18.3. The van der Waals surface area contributed by atoms with Crippen molar-refractivity contribution in [1.29, 1.82) is 0 Å². The summed E-state index contributed by atoms with van der Waals surface area (Å²) in [5, 5.41) is 4.95. The molecule has 0 heterocycles. The van der Waals surface area contributed by atoms with Gasteiger partial charge in [0.05, 0.1) is 0 Å². The standard InChI is InChI=1S/2C30H29.C3H4F3.CH3.2ClH.H2Si.Zr/c2*1-2-8-26-22(5-1)6-3-9-27(26)28-10-4-7-23-12-21(18-30(23)28)17-29-24-13-19-11-20(15-24)16-25(29)14-19;1-2-3(4,5)6;;;;;/h2*1-10,12,18-20,24-25,29H,11,13-17H2;1-2H2;1H3;2*1H;1H2;. The van der Waals surface area contributed by atoms with E-state index in [1.54, 1.807) is 0 Å². The number of halogens is 5. The fraction of sp³-hybridized carbons (Fsp3) is 0.438. The third-order valence-electron chi connectivity index (χ3n) is 21.1. The SMILES string of the molecule is Cl.Cl.[CH3][Zr](=[SiH2])([CH2]CC(F)(F)F)([CH]1C(CC2C3CC4CC(C3)CC2C4)=Cc2c(-c3cccc4ccccc34)cccc21)[CH]1C(CC2C3CC4CC(C3)CC2C4)=Cc2c(-c3cccc4ccccc34)cccc21. The van der Waals surface area contributed by atoms with Gasteiger partial charge in [-0.05, 0) is 0 Å². The van der Waals surface area contributed by atoms with Gasteiger partial charge in [0, 0.05) is 0 Å². The summed E-state index contributed by atoms with van der Waals surface area (Å²) in [7, 11) is 0. The molecule has 10 aliphatic rings. The number of alkyl halides is 3. The van der Waals surface area contributed by atoms with E-state index in [0.29, 0.717) is 11.8 Å².